The Hall–Kier alpha value is -2.28. The average molecular weight is 341 g/mol. The number of likely N-dealkylation sites (tertiary alicyclic amines) is 1. The first kappa shape index (κ1) is 16.2. The van der Waals surface area contributed by atoms with Crippen molar-refractivity contribution >= 4 is 5.91 Å². The zero-order chi connectivity index (χ0) is 17.4. The highest BCUT2D eigenvalue weighted by molar-refractivity contribution is 5.79. The van der Waals surface area contributed by atoms with Gasteiger partial charge in [-0.25, -0.2) is 0 Å². The molecule has 1 saturated heterocycles. The summed E-state index contributed by atoms with van der Waals surface area (Å²) >= 11 is 0. The Labute approximate surface area is 147 Å². The minimum absolute atomic E-state index is 0.193. The molecule has 25 heavy (non-hydrogen) atoms. The highest BCUT2D eigenvalue weighted by atomic mass is 16.4. The quantitative estimate of drug-likeness (QED) is 0.796. The summed E-state index contributed by atoms with van der Waals surface area (Å²) in [6.07, 6.45) is 5.85. The van der Waals surface area contributed by atoms with E-state index in [4.69, 9.17) is 4.42 Å². The molecule has 3 heterocycles. The van der Waals surface area contributed by atoms with Crippen molar-refractivity contribution in [3.05, 3.63) is 30.4 Å². The second-order valence-corrected chi connectivity index (χ2v) is 7.26. The van der Waals surface area contributed by atoms with Crippen molar-refractivity contribution in [1.82, 2.24) is 25.0 Å². The van der Waals surface area contributed by atoms with Crippen LogP contribution in [0.3, 0.4) is 0 Å². The summed E-state index contributed by atoms with van der Waals surface area (Å²) in [5.74, 6) is 1.25. The SMILES string of the molecule is CCN(CC(=O)N1CC(C)(c2nnc(-c3cccnc3)o2)C1)C1CC1. The maximum absolute atomic E-state index is 12.5. The summed E-state index contributed by atoms with van der Waals surface area (Å²) in [4.78, 5) is 20.7. The lowest BCUT2D eigenvalue weighted by Crippen LogP contribution is -2.61. The standard InChI is InChI=1S/C18H23N5O2/c1-3-22(14-6-7-14)10-15(24)23-11-18(2,12-23)17-21-20-16(25-17)13-5-4-8-19-9-13/h4-5,8-9,14H,3,6-7,10-12H2,1-2H3. The van der Waals surface area contributed by atoms with Crippen molar-refractivity contribution in [2.24, 2.45) is 0 Å². The second kappa shape index (κ2) is 6.22. The molecule has 7 nitrogen and oxygen atoms in total. The van der Waals surface area contributed by atoms with Gasteiger partial charge in [0.15, 0.2) is 0 Å². The van der Waals surface area contributed by atoms with E-state index in [1.54, 1.807) is 12.4 Å². The van der Waals surface area contributed by atoms with Crippen molar-refractivity contribution in [2.45, 2.75) is 38.1 Å². The second-order valence-electron chi connectivity index (χ2n) is 7.26. The summed E-state index contributed by atoms with van der Waals surface area (Å²) in [5, 5.41) is 8.33. The molecule has 2 aromatic rings. The molecule has 0 unspecified atom stereocenters. The summed E-state index contributed by atoms with van der Waals surface area (Å²) in [6, 6.07) is 4.34. The fraction of sp³-hybridized carbons (Fsp3) is 0.556. The monoisotopic (exact) mass is 341 g/mol. The van der Waals surface area contributed by atoms with Gasteiger partial charge in [0.25, 0.3) is 0 Å². The van der Waals surface area contributed by atoms with Gasteiger partial charge < -0.3 is 9.32 Å². The molecule has 0 spiro atoms. The first-order valence-electron chi connectivity index (χ1n) is 8.85. The van der Waals surface area contributed by atoms with Crippen molar-refractivity contribution in [3.8, 4) is 11.5 Å². The number of carbonyl (C=O) groups is 1. The normalized spacial score (nSPS) is 19.1. The summed E-state index contributed by atoms with van der Waals surface area (Å²) in [5.41, 5.74) is 0.542. The Balaban J connectivity index is 1.38. The van der Waals surface area contributed by atoms with Crippen molar-refractivity contribution in [2.75, 3.05) is 26.2 Å². The lowest BCUT2D eigenvalue weighted by Gasteiger charge is -2.46. The van der Waals surface area contributed by atoms with E-state index in [9.17, 15) is 4.79 Å². The van der Waals surface area contributed by atoms with Crippen LogP contribution in [0.5, 0.6) is 0 Å². The molecule has 0 radical (unpaired) electrons. The van der Waals surface area contributed by atoms with Gasteiger partial charge in [0.2, 0.25) is 17.7 Å². The maximum atomic E-state index is 12.5. The van der Waals surface area contributed by atoms with Gasteiger partial charge in [0.05, 0.1) is 17.5 Å². The number of nitrogens with zero attached hydrogens (tertiary/aromatic N) is 5. The minimum Gasteiger partial charge on any atom is -0.420 e. The molecule has 0 aromatic carbocycles. The molecule has 7 heteroatoms. The Kier molecular flexibility index (Phi) is 4.03. The lowest BCUT2D eigenvalue weighted by atomic mass is 9.81. The molecule has 132 valence electrons. The maximum Gasteiger partial charge on any atom is 0.249 e. The predicted octanol–water partition coefficient (Wildman–Crippen LogP) is 1.72. The minimum atomic E-state index is -0.264. The summed E-state index contributed by atoms with van der Waals surface area (Å²) in [7, 11) is 0. The number of aromatic nitrogens is 3. The van der Waals surface area contributed by atoms with Crippen LogP contribution in [0.2, 0.25) is 0 Å². The third kappa shape index (κ3) is 3.16. The molecule has 1 aliphatic heterocycles. The van der Waals surface area contributed by atoms with E-state index in [-0.39, 0.29) is 11.3 Å². The first-order chi connectivity index (χ1) is 12.1. The van der Waals surface area contributed by atoms with Crippen LogP contribution >= 0.6 is 0 Å². The van der Waals surface area contributed by atoms with Crippen LogP contribution in [0, 0.1) is 0 Å². The molecule has 1 aliphatic carbocycles. The van der Waals surface area contributed by atoms with E-state index in [0.29, 0.717) is 37.5 Å². The fourth-order valence-corrected chi connectivity index (χ4v) is 3.39. The van der Waals surface area contributed by atoms with Gasteiger partial charge in [-0.1, -0.05) is 6.92 Å². The number of pyridine rings is 1. The van der Waals surface area contributed by atoms with E-state index in [1.165, 1.54) is 12.8 Å². The number of amides is 1. The van der Waals surface area contributed by atoms with Gasteiger partial charge in [0.1, 0.15) is 0 Å². The first-order valence-corrected chi connectivity index (χ1v) is 8.85. The third-order valence-electron chi connectivity index (χ3n) is 5.09. The lowest BCUT2D eigenvalue weighted by molar-refractivity contribution is -0.140. The van der Waals surface area contributed by atoms with Crippen LogP contribution in [0.4, 0.5) is 0 Å². The zero-order valence-corrected chi connectivity index (χ0v) is 14.7. The molecular formula is C18H23N5O2. The molecule has 1 saturated carbocycles. The van der Waals surface area contributed by atoms with Crippen molar-refractivity contribution < 1.29 is 9.21 Å². The molecule has 4 rings (SSSR count). The van der Waals surface area contributed by atoms with E-state index >= 15 is 0 Å². The van der Waals surface area contributed by atoms with Crippen LogP contribution in [0.1, 0.15) is 32.6 Å². The van der Waals surface area contributed by atoms with Gasteiger partial charge in [-0.15, -0.1) is 10.2 Å². The number of hydrogen-bond acceptors (Lipinski definition) is 6. The number of hydrogen-bond donors (Lipinski definition) is 0. The smallest absolute Gasteiger partial charge is 0.249 e. The van der Waals surface area contributed by atoms with E-state index < -0.39 is 0 Å². The van der Waals surface area contributed by atoms with Crippen LogP contribution in [0.25, 0.3) is 11.5 Å². The summed E-state index contributed by atoms with van der Waals surface area (Å²) in [6.45, 7) is 6.88. The van der Waals surface area contributed by atoms with Crippen LogP contribution in [-0.2, 0) is 10.2 Å². The van der Waals surface area contributed by atoms with Crippen molar-refractivity contribution in [3.63, 3.8) is 0 Å². The highest BCUT2D eigenvalue weighted by Gasteiger charge is 2.47. The summed E-state index contributed by atoms with van der Waals surface area (Å²) < 4.78 is 5.84. The van der Waals surface area contributed by atoms with Crippen LogP contribution in [0.15, 0.2) is 28.9 Å². The molecule has 0 bridgehead atoms. The Morgan fingerprint density at radius 2 is 2.20 bits per heavy atom. The number of rotatable bonds is 6. The molecular weight excluding hydrogens is 318 g/mol. The molecule has 2 aromatic heterocycles. The molecule has 2 fully saturated rings. The third-order valence-corrected chi connectivity index (χ3v) is 5.09. The van der Waals surface area contributed by atoms with E-state index in [2.05, 4.69) is 33.9 Å². The highest BCUT2D eigenvalue weighted by Crippen LogP contribution is 2.35. The Morgan fingerprint density at radius 3 is 2.84 bits per heavy atom. The number of likely N-dealkylation sites (N-methyl/N-ethyl adjacent to an activating group) is 1. The van der Waals surface area contributed by atoms with E-state index in [0.717, 1.165) is 12.1 Å². The van der Waals surface area contributed by atoms with Gasteiger partial charge in [-0.05, 0) is 38.4 Å². The van der Waals surface area contributed by atoms with Crippen LogP contribution in [-0.4, -0.2) is 63.1 Å². The van der Waals surface area contributed by atoms with Crippen LogP contribution < -0.4 is 0 Å². The number of carbonyl (C=O) groups excluding carboxylic acids is 1. The fourth-order valence-electron chi connectivity index (χ4n) is 3.39. The van der Waals surface area contributed by atoms with Gasteiger partial charge >= 0.3 is 0 Å². The average Bonchev–Trinajstić information content (AvgIpc) is 3.33. The molecule has 1 amide bonds. The largest absolute Gasteiger partial charge is 0.420 e. The van der Waals surface area contributed by atoms with E-state index in [1.807, 2.05) is 17.0 Å². The Morgan fingerprint density at radius 1 is 1.40 bits per heavy atom. The van der Waals surface area contributed by atoms with Gasteiger partial charge in [-0.2, -0.15) is 0 Å². The zero-order valence-electron chi connectivity index (χ0n) is 14.7. The van der Waals surface area contributed by atoms with Crippen molar-refractivity contribution in [1.29, 1.82) is 0 Å². The Bertz CT molecular complexity index is 750. The van der Waals surface area contributed by atoms with Gasteiger partial charge in [-0.3, -0.25) is 14.7 Å². The predicted molar refractivity (Wildman–Crippen MR) is 91.7 cm³/mol. The molecule has 0 N–H and O–H groups in total. The molecule has 0 atom stereocenters. The molecule has 2 aliphatic rings. The topological polar surface area (TPSA) is 75.4 Å². The van der Waals surface area contributed by atoms with Gasteiger partial charge in [0, 0.05) is 31.5 Å².